The van der Waals surface area contributed by atoms with E-state index in [9.17, 15) is 4.79 Å². The van der Waals surface area contributed by atoms with Crippen molar-refractivity contribution in [2.75, 3.05) is 0 Å². The number of nitrogens with zero attached hydrogens (tertiary/aromatic N) is 1. The van der Waals surface area contributed by atoms with Gasteiger partial charge in [-0.2, -0.15) is 0 Å². The Bertz CT molecular complexity index is 527. The standard InChI is InChI=1S/C12H9NO2/c14-12(15)6-5-9-7-8-13-11-4-2-1-3-10(9)11/h1-8H,(H,14,15)/b6-5+. The van der Waals surface area contributed by atoms with E-state index >= 15 is 0 Å². The Labute approximate surface area is 86.7 Å². The summed E-state index contributed by atoms with van der Waals surface area (Å²) in [6, 6.07) is 9.42. The average molecular weight is 199 g/mol. The smallest absolute Gasteiger partial charge is 0.328 e. The van der Waals surface area contributed by atoms with E-state index in [2.05, 4.69) is 4.98 Å². The van der Waals surface area contributed by atoms with Gasteiger partial charge < -0.3 is 5.11 Å². The second kappa shape index (κ2) is 3.92. The molecule has 1 aromatic carbocycles. The molecule has 74 valence electrons. The van der Waals surface area contributed by atoms with E-state index in [-0.39, 0.29) is 0 Å². The van der Waals surface area contributed by atoms with Crippen LogP contribution in [0.15, 0.2) is 42.6 Å². The van der Waals surface area contributed by atoms with Crippen LogP contribution in [-0.4, -0.2) is 16.1 Å². The number of pyridine rings is 1. The maximum atomic E-state index is 10.4. The second-order valence-electron chi connectivity index (χ2n) is 3.09. The molecule has 0 bridgehead atoms. The predicted octanol–water partition coefficient (Wildman–Crippen LogP) is 2.33. The Morgan fingerprint density at radius 3 is 2.87 bits per heavy atom. The van der Waals surface area contributed by atoms with Gasteiger partial charge in [0.2, 0.25) is 0 Å². The molecule has 1 N–H and O–H groups in total. The molecule has 0 radical (unpaired) electrons. The summed E-state index contributed by atoms with van der Waals surface area (Å²) in [5, 5.41) is 9.50. The van der Waals surface area contributed by atoms with E-state index in [0.717, 1.165) is 22.5 Å². The summed E-state index contributed by atoms with van der Waals surface area (Å²) in [5.41, 5.74) is 1.73. The number of para-hydroxylation sites is 1. The van der Waals surface area contributed by atoms with E-state index in [4.69, 9.17) is 5.11 Å². The second-order valence-corrected chi connectivity index (χ2v) is 3.09. The molecule has 3 nitrogen and oxygen atoms in total. The Morgan fingerprint density at radius 1 is 1.27 bits per heavy atom. The molecule has 3 heteroatoms. The summed E-state index contributed by atoms with van der Waals surface area (Å²) in [6.07, 6.45) is 4.37. The van der Waals surface area contributed by atoms with E-state index in [1.165, 1.54) is 0 Å². The first kappa shape index (κ1) is 9.40. The first-order chi connectivity index (χ1) is 7.27. The topological polar surface area (TPSA) is 50.2 Å². The third-order valence-electron chi connectivity index (χ3n) is 2.09. The molecular weight excluding hydrogens is 190 g/mol. The lowest BCUT2D eigenvalue weighted by molar-refractivity contribution is -0.131. The summed E-state index contributed by atoms with van der Waals surface area (Å²) in [4.78, 5) is 14.6. The predicted molar refractivity (Wildman–Crippen MR) is 58.4 cm³/mol. The van der Waals surface area contributed by atoms with Gasteiger partial charge in [0.05, 0.1) is 5.52 Å². The highest BCUT2D eigenvalue weighted by atomic mass is 16.4. The van der Waals surface area contributed by atoms with Crippen LogP contribution >= 0.6 is 0 Å². The van der Waals surface area contributed by atoms with Crippen LogP contribution in [-0.2, 0) is 4.79 Å². The molecule has 0 fully saturated rings. The van der Waals surface area contributed by atoms with Crippen molar-refractivity contribution in [3.63, 3.8) is 0 Å². The number of hydrogen-bond donors (Lipinski definition) is 1. The summed E-state index contributed by atoms with van der Waals surface area (Å²) in [6.45, 7) is 0. The van der Waals surface area contributed by atoms with Gasteiger partial charge in [0.15, 0.2) is 0 Å². The molecule has 1 heterocycles. The molecule has 15 heavy (non-hydrogen) atoms. The van der Waals surface area contributed by atoms with Crippen molar-refractivity contribution in [2.45, 2.75) is 0 Å². The highest BCUT2D eigenvalue weighted by molar-refractivity contribution is 5.92. The van der Waals surface area contributed by atoms with Crippen LogP contribution in [0.3, 0.4) is 0 Å². The lowest BCUT2D eigenvalue weighted by atomic mass is 10.1. The zero-order chi connectivity index (χ0) is 10.7. The Balaban J connectivity index is 2.56. The maximum absolute atomic E-state index is 10.4. The fraction of sp³-hybridized carbons (Fsp3) is 0. The first-order valence-electron chi connectivity index (χ1n) is 4.52. The molecule has 1 aromatic heterocycles. The van der Waals surface area contributed by atoms with Gasteiger partial charge in [0.25, 0.3) is 0 Å². The van der Waals surface area contributed by atoms with Gasteiger partial charge in [-0.25, -0.2) is 4.79 Å². The minimum atomic E-state index is -0.948. The third kappa shape index (κ3) is 2.02. The summed E-state index contributed by atoms with van der Waals surface area (Å²) >= 11 is 0. The molecule has 0 atom stereocenters. The van der Waals surface area contributed by atoms with Crippen LogP contribution in [0, 0.1) is 0 Å². The number of aromatic nitrogens is 1. The highest BCUT2D eigenvalue weighted by Crippen LogP contribution is 2.17. The number of aliphatic carboxylic acids is 1. The van der Waals surface area contributed by atoms with Gasteiger partial charge in [-0.05, 0) is 23.8 Å². The fourth-order valence-corrected chi connectivity index (χ4v) is 1.42. The number of carbonyl (C=O) groups is 1. The van der Waals surface area contributed by atoms with Crippen molar-refractivity contribution in [1.82, 2.24) is 4.98 Å². The maximum Gasteiger partial charge on any atom is 0.328 e. The number of benzene rings is 1. The Morgan fingerprint density at radius 2 is 2.07 bits per heavy atom. The third-order valence-corrected chi connectivity index (χ3v) is 2.09. The first-order valence-corrected chi connectivity index (χ1v) is 4.52. The number of hydrogen-bond acceptors (Lipinski definition) is 2. The minimum Gasteiger partial charge on any atom is -0.478 e. The quantitative estimate of drug-likeness (QED) is 0.755. The summed E-state index contributed by atoms with van der Waals surface area (Å²) in [5.74, 6) is -0.948. The van der Waals surface area contributed by atoms with Gasteiger partial charge in [-0.3, -0.25) is 4.98 Å². The minimum absolute atomic E-state index is 0.864. The lowest BCUT2D eigenvalue weighted by Crippen LogP contribution is -1.87. The molecule has 0 unspecified atom stereocenters. The van der Waals surface area contributed by atoms with E-state index < -0.39 is 5.97 Å². The summed E-state index contributed by atoms with van der Waals surface area (Å²) in [7, 11) is 0. The lowest BCUT2D eigenvalue weighted by Gasteiger charge is -1.99. The zero-order valence-corrected chi connectivity index (χ0v) is 7.92. The van der Waals surface area contributed by atoms with Crippen LogP contribution in [0.2, 0.25) is 0 Å². The normalized spacial score (nSPS) is 10.9. The molecule has 2 aromatic rings. The van der Waals surface area contributed by atoms with Gasteiger partial charge in [-0.1, -0.05) is 18.2 Å². The van der Waals surface area contributed by atoms with E-state index in [0.29, 0.717) is 0 Å². The number of carboxylic acids is 1. The monoisotopic (exact) mass is 199 g/mol. The number of rotatable bonds is 2. The van der Waals surface area contributed by atoms with Crippen molar-refractivity contribution in [3.05, 3.63) is 48.2 Å². The van der Waals surface area contributed by atoms with Crippen LogP contribution in [0.4, 0.5) is 0 Å². The molecule has 0 saturated carbocycles. The zero-order valence-electron chi connectivity index (χ0n) is 7.92. The largest absolute Gasteiger partial charge is 0.478 e. The average Bonchev–Trinajstić information content (AvgIpc) is 2.26. The number of fused-ring (bicyclic) bond motifs is 1. The van der Waals surface area contributed by atoms with Crippen LogP contribution < -0.4 is 0 Å². The molecule has 0 aliphatic carbocycles. The molecule has 0 aliphatic heterocycles. The van der Waals surface area contributed by atoms with Crippen LogP contribution in [0.5, 0.6) is 0 Å². The van der Waals surface area contributed by atoms with Crippen LogP contribution in [0.1, 0.15) is 5.56 Å². The van der Waals surface area contributed by atoms with Crippen molar-refractivity contribution in [2.24, 2.45) is 0 Å². The van der Waals surface area contributed by atoms with E-state index in [1.807, 2.05) is 24.3 Å². The SMILES string of the molecule is O=C(O)/C=C/c1ccnc2ccccc12. The van der Waals surface area contributed by atoms with Gasteiger partial charge in [0.1, 0.15) is 0 Å². The molecule has 0 amide bonds. The van der Waals surface area contributed by atoms with Gasteiger partial charge in [-0.15, -0.1) is 0 Å². The molecular formula is C12H9NO2. The highest BCUT2D eigenvalue weighted by Gasteiger charge is 1.97. The van der Waals surface area contributed by atoms with Crippen molar-refractivity contribution in [1.29, 1.82) is 0 Å². The molecule has 0 saturated heterocycles. The van der Waals surface area contributed by atoms with Gasteiger partial charge >= 0.3 is 5.97 Å². The van der Waals surface area contributed by atoms with Crippen molar-refractivity contribution >= 4 is 22.9 Å². The Hall–Kier alpha value is -2.16. The van der Waals surface area contributed by atoms with Crippen molar-refractivity contribution < 1.29 is 9.90 Å². The summed E-state index contributed by atoms with van der Waals surface area (Å²) < 4.78 is 0. The molecule has 0 spiro atoms. The van der Waals surface area contributed by atoms with Gasteiger partial charge in [0, 0.05) is 17.7 Å². The Kier molecular flexibility index (Phi) is 2.46. The number of carboxylic acid groups (broad SMARTS) is 1. The van der Waals surface area contributed by atoms with Crippen LogP contribution in [0.25, 0.3) is 17.0 Å². The van der Waals surface area contributed by atoms with E-state index in [1.54, 1.807) is 18.3 Å². The molecule has 2 rings (SSSR count). The molecule has 0 aliphatic rings. The fourth-order valence-electron chi connectivity index (χ4n) is 1.42. The van der Waals surface area contributed by atoms with Crippen molar-refractivity contribution in [3.8, 4) is 0 Å².